The second kappa shape index (κ2) is 12.5. The summed E-state index contributed by atoms with van der Waals surface area (Å²) in [6, 6.07) is 7.27. The Balaban J connectivity index is 1.47. The first-order valence-electron chi connectivity index (χ1n) is 14.0. The number of likely N-dealkylation sites (N-methyl/N-ethyl adjacent to an activating group) is 1. The lowest BCUT2D eigenvalue weighted by atomic mass is 10.00. The predicted molar refractivity (Wildman–Crippen MR) is 164 cm³/mol. The van der Waals surface area contributed by atoms with Gasteiger partial charge in [-0.25, -0.2) is 0 Å². The molecule has 0 unspecified atom stereocenters. The molecular formula is C31H37ClN6O4. The number of hydrogen-bond acceptors (Lipinski definition) is 7. The summed E-state index contributed by atoms with van der Waals surface area (Å²) in [6.07, 6.45) is 9.27. The molecule has 2 amide bonds. The molecule has 3 N–H and O–H groups in total. The van der Waals surface area contributed by atoms with E-state index < -0.39 is 5.54 Å². The van der Waals surface area contributed by atoms with Gasteiger partial charge in [0.25, 0.3) is 5.91 Å². The molecule has 222 valence electrons. The van der Waals surface area contributed by atoms with Gasteiger partial charge in [-0.05, 0) is 52.1 Å². The summed E-state index contributed by atoms with van der Waals surface area (Å²) in [5.74, 6) is 0.827. The lowest BCUT2D eigenvalue weighted by Crippen LogP contribution is -2.48. The van der Waals surface area contributed by atoms with Crippen LogP contribution in [0.1, 0.15) is 35.8 Å². The first-order valence-corrected chi connectivity index (χ1v) is 14.4. The van der Waals surface area contributed by atoms with E-state index in [-0.39, 0.29) is 11.8 Å². The van der Waals surface area contributed by atoms with Gasteiger partial charge in [-0.15, -0.1) is 0 Å². The first kappa shape index (κ1) is 29.5. The van der Waals surface area contributed by atoms with Gasteiger partial charge in [-0.3, -0.25) is 14.6 Å². The summed E-state index contributed by atoms with van der Waals surface area (Å²) in [7, 11) is 5.48. The van der Waals surface area contributed by atoms with E-state index in [2.05, 4.69) is 27.5 Å². The molecule has 0 radical (unpaired) electrons. The van der Waals surface area contributed by atoms with E-state index in [1.807, 2.05) is 48.2 Å². The molecule has 0 aliphatic carbocycles. The lowest BCUT2D eigenvalue weighted by Gasteiger charge is -2.34. The number of amides is 2. The average molecular weight is 593 g/mol. The summed E-state index contributed by atoms with van der Waals surface area (Å²) in [4.78, 5) is 37.9. The number of ether oxygens (including phenoxy) is 2. The summed E-state index contributed by atoms with van der Waals surface area (Å²) >= 11 is 6.40. The Morgan fingerprint density at radius 2 is 2.14 bits per heavy atom. The number of aromatic amines is 1. The number of H-pyrrole nitrogens is 1. The number of pyridine rings is 1. The number of carbonyl (C=O) groups is 2. The number of rotatable bonds is 10. The molecule has 1 saturated heterocycles. The van der Waals surface area contributed by atoms with Crippen LogP contribution in [0, 0.1) is 0 Å². The minimum atomic E-state index is -0.475. The molecule has 0 saturated carbocycles. The fourth-order valence-electron chi connectivity index (χ4n) is 5.59. The van der Waals surface area contributed by atoms with Crippen LogP contribution in [0.25, 0.3) is 11.3 Å². The van der Waals surface area contributed by atoms with Gasteiger partial charge in [0.15, 0.2) is 5.75 Å². The predicted octanol–water partition coefficient (Wildman–Crippen LogP) is 4.65. The minimum Gasteiger partial charge on any atom is -0.493 e. The van der Waals surface area contributed by atoms with Crippen LogP contribution in [0.2, 0.25) is 5.02 Å². The van der Waals surface area contributed by atoms with Crippen molar-refractivity contribution in [3.63, 3.8) is 0 Å². The Labute approximate surface area is 251 Å². The van der Waals surface area contributed by atoms with Crippen molar-refractivity contribution in [2.45, 2.75) is 31.7 Å². The van der Waals surface area contributed by atoms with Crippen LogP contribution < -0.4 is 20.1 Å². The molecule has 3 aromatic rings. The van der Waals surface area contributed by atoms with E-state index in [0.29, 0.717) is 71.8 Å². The summed E-state index contributed by atoms with van der Waals surface area (Å²) in [6.45, 7) is 4.27. The highest BCUT2D eigenvalue weighted by molar-refractivity contribution is 6.32. The molecule has 0 bridgehead atoms. The Bertz CT molecular complexity index is 1500. The van der Waals surface area contributed by atoms with Crippen molar-refractivity contribution in [2.75, 3.05) is 52.8 Å². The van der Waals surface area contributed by atoms with Crippen LogP contribution in [-0.4, -0.2) is 84.6 Å². The Morgan fingerprint density at radius 1 is 1.31 bits per heavy atom. The summed E-state index contributed by atoms with van der Waals surface area (Å²) in [5.41, 5.74) is 3.52. The maximum absolute atomic E-state index is 13.1. The number of nitrogens with zero attached hydrogens (tertiary/aromatic N) is 3. The van der Waals surface area contributed by atoms with Crippen molar-refractivity contribution in [3.8, 4) is 22.8 Å². The zero-order chi connectivity index (χ0) is 29.9. The number of anilines is 2. The molecule has 11 heteroatoms. The monoisotopic (exact) mass is 592 g/mol. The summed E-state index contributed by atoms with van der Waals surface area (Å²) in [5, 5.41) is 6.80. The number of methoxy groups -OCH3 is 1. The highest BCUT2D eigenvalue weighted by atomic mass is 35.5. The zero-order valence-corrected chi connectivity index (χ0v) is 25.2. The number of benzene rings is 1. The fraction of sp³-hybridized carbons (Fsp3) is 0.387. The topological polar surface area (TPSA) is 112 Å². The molecule has 1 atom stereocenters. The van der Waals surface area contributed by atoms with Gasteiger partial charge in [-0.1, -0.05) is 23.7 Å². The van der Waals surface area contributed by atoms with Crippen LogP contribution in [0.5, 0.6) is 11.5 Å². The maximum atomic E-state index is 13.1. The van der Waals surface area contributed by atoms with Gasteiger partial charge in [0.1, 0.15) is 12.4 Å². The summed E-state index contributed by atoms with van der Waals surface area (Å²) < 4.78 is 12.0. The van der Waals surface area contributed by atoms with Crippen molar-refractivity contribution >= 4 is 34.8 Å². The third-order valence-electron chi connectivity index (χ3n) is 7.73. The number of carbonyl (C=O) groups excluding carboxylic acids is 2. The molecular weight excluding hydrogens is 556 g/mol. The lowest BCUT2D eigenvalue weighted by molar-refractivity contribution is -0.130. The van der Waals surface area contributed by atoms with Crippen LogP contribution >= 0.6 is 11.6 Å². The van der Waals surface area contributed by atoms with E-state index in [1.54, 1.807) is 31.6 Å². The largest absolute Gasteiger partial charge is 0.493 e. The molecule has 1 aromatic carbocycles. The molecule has 2 aromatic heterocycles. The van der Waals surface area contributed by atoms with Gasteiger partial charge in [0.2, 0.25) is 5.91 Å². The van der Waals surface area contributed by atoms with Gasteiger partial charge in [-0.2, -0.15) is 0 Å². The minimum absolute atomic E-state index is 0.0168. The van der Waals surface area contributed by atoms with Crippen molar-refractivity contribution in [1.82, 2.24) is 25.1 Å². The second-order valence-corrected chi connectivity index (χ2v) is 11.5. The molecule has 10 nitrogen and oxygen atoms in total. The molecule has 2 aliphatic heterocycles. The maximum Gasteiger partial charge on any atom is 0.255 e. The molecule has 42 heavy (non-hydrogen) atoms. The average Bonchev–Trinajstić information content (AvgIpc) is 3.53. The van der Waals surface area contributed by atoms with Crippen LogP contribution in [-0.2, 0) is 11.2 Å². The van der Waals surface area contributed by atoms with Crippen LogP contribution in [0.4, 0.5) is 11.4 Å². The van der Waals surface area contributed by atoms with Gasteiger partial charge in [0.05, 0.1) is 46.5 Å². The second-order valence-electron chi connectivity index (χ2n) is 11.1. The van der Waals surface area contributed by atoms with E-state index in [1.165, 1.54) is 0 Å². The molecule has 4 heterocycles. The quantitative estimate of drug-likeness (QED) is 0.294. The third-order valence-corrected chi connectivity index (χ3v) is 8.03. The highest BCUT2D eigenvalue weighted by Gasteiger charge is 2.40. The number of aromatic nitrogens is 2. The van der Waals surface area contributed by atoms with E-state index >= 15 is 0 Å². The van der Waals surface area contributed by atoms with E-state index in [4.69, 9.17) is 21.1 Å². The standard InChI is InChI=1S/C31H37ClN6O4/c1-31(13-7-17-38(31)25(39)10-6-16-37(2)3)19-42-24-18-33-14-11-20(24)27-28(26-22(35-27)12-15-34-30(26)40)36-23-9-5-8-21(32)29(23)41-4/h5-6,8-11,14,18,35-36H,7,12-13,15-17,19H2,1-4H3,(H,34,40)/b10-6+/t31-/m0/s1. The zero-order valence-electron chi connectivity index (χ0n) is 24.4. The molecule has 0 spiro atoms. The first-order chi connectivity index (χ1) is 20.2. The number of halogens is 1. The van der Waals surface area contributed by atoms with Crippen LogP contribution in [0.3, 0.4) is 0 Å². The van der Waals surface area contributed by atoms with E-state index in [9.17, 15) is 9.59 Å². The SMILES string of the molecule is COc1c(Cl)cccc1Nc1c(-c2ccncc2OC[C@]2(C)CCCN2C(=O)/C=C/CN(C)C)[nH]c2c1C(=O)NCC2. The number of para-hydroxylation sites is 1. The van der Waals surface area contributed by atoms with E-state index in [0.717, 1.165) is 24.1 Å². The Morgan fingerprint density at radius 3 is 2.93 bits per heavy atom. The smallest absolute Gasteiger partial charge is 0.255 e. The van der Waals surface area contributed by atoms with Gasteiger partial charge < -0.3 is 34.9 Å². The fourth-order valence-corrected chi connectivity index (χ4v) is 5.85. The van der Waals surface area contributed by atoms with Crippen molar-refractivity contribution in [2.24, 2.45) is 0 Å². The number of nitrogens with one attached hydrogen (secondary N) is 3. The Kier molecular flexibility index (Phi) is 8.74. The normalized spacial score (nSPS) is 18.3. The van der Waals surface area contributed by atoms with Crippen LogP contribution in [0.15, 0.2) is 48.8 Å². The third kappa shape index (κ3) is 5.96. The number of likely N-dealkylation sites (tertiary alicyclic amines) is 1. The molecule has 2 aliphatic rings. The van der Waals surface area contributed by atoms with Crippen molar-refractivity contribution in [1.29, 1.82) is 0 Å². The molecule has 5 rings (SSSR count). The highest BCUT2D eigenvalue weighted by Crippen LogP contribution is 2.43. The van der Waals surface area contributed by atoms with Crippen molar-refractivity contribution < 1.29 is 19.1 Å². The number of fused-ring (bicyclic) bond motifs is 1. The Hall–Kier alpha value is -4.02. The van der Waals surface area contributed by atoms with Gasteiger partial charge in [0, 0.05) is 49.6 Å². The number of hydrogen-bond donors (Lipinski definition) is 3. The molecule has 1 fully saturated rings. The van der Waals surface area contributed by atoms with Crippen molar-refractivity contribution in [3.05, 3.63) is 65.1 Å². The van der Waals surface area contributed by atoms with Gasteiger partial charge >= 0.3 is 0 Å².